The Morgan fingerprint density at radius 1 is 0.622 bits per heavy atom. The molecule has 0 fully saturated rings. The third kappa shape index (κ3) is 30.2. The quantitative estimate of drug-likeness (QED) is 0.0500. The van der Waals surface area contributed by atoms with Crippen LogP contribution in [0.3, 0.4) is 0 Å². The average Bonchev–Trinajstić information content (AvgIpc) is 2.97. The fourth-order valence-electron chi connectivity index (χ4n) is 4.50. The van der Waals surface area contributed by atoms with Crippen molar-refractivity contribution in [2.45, 2.75) is 136 Å². The standard InChI is InChI=1S/C34H64N2O9/c1-5-6-7-8-9-10-11-12-13-14-15-18-29(33(41)45-34(2,3)4)32(40)36-22-17-24-43-26-28-44-27-25-42-23-16-21-35-30(37)19-20-31(38)39/h29H,5-28H2,1-4H3,(H,35,37)(H,36,40)(H,38,39). The number of carboxylic acids is 1. The number of carboxylic acid groups (broad SMARTS) is 1. The summed E-state index contributed by atoms with van der Waals surface area (Å²) in [6.45, 7) is 11.2. The zero-order valence-electron chi connectivity index (χ0n) is 28.8. The van der Waals surface area contributed by atoms with Gasteiger partial charge in [0.05, 0.1) is 32.8 Å². The highest BCUT2D eigenvalue weighted by atomic mass is 16.6. The summed E-state index contributed by atoms with van der Waals surface area (Å²) < 4.78 is 22.0. The molecule has 0 saturated heterocycles. The molecule has 0 bridgehead atoms. The minimum Gasteiger partial charge on any atom is -0.481 e. The molecule has 3 N–H and O–H groups in total. The molecule has 0 aliphatic carbocycles. The lowest BCUT2D eigenvalue weighted by molar-refractivity contribution is -0.162. The van der Waals surface area contributed by atoms with E-state index in [1.165, 1.54) is 51.4 Å². The van der Waals surface area contributed by atoms with Gasteiger partial charge in [0, 0.05) is 32.7 Å². The summed E-state index contributed by atoms with van der Waals surface area (Å²) in [6, 6.07) is 0. The summed E-state index contributed by atoms with van der Waals surface area (Å²) in [5.74, 6) is -2.79. The summed E-state index contributed by atoms with van der Waals surface area (Å²) in [4.78, 5) is 47.5. The Bertz CT molecular complexity index is 771. The van der Waals surface area contributed by atoms with Crippen molar-refractivity contribution in [2.75, 3.05) is 52.7 Å². The number of rotatable bonds is 31. The second kappa shape index (κ2) is 29.2. The van der Waals surface area contributed by atoms with Crippen LogP contribution in [0.15, 0.2) is 0 Å². The van der Waals surface area contributed by atoms with Crippen molar-refractivity contribution in [3.05, 3.63) is 0 Å². The van der Waals surface area contributed by atoms with E-state index in [2.05, 4.69) is 17.6 Å². The number of hydrogen-bond donors (Lipinski definition) is 3. The van der Waals surface area contributed by atoms with Gasteiger partial charge in [0.1, 0.15) is 11.5 Å². The van der Waals surface area contributed by atoms with Crippen LogP contribution in [0.2, 0.25) is 0 Å². The van der Waals surface area contributed by atoms with Crippen molar-refractivity contribution in [2.24, 2.45) is 5.92 Å². The molecule has 0 aromatic carbocycles. The van der Waals surface area contributed by atoms with Crippen molar-refractivity contribution in [1.82, 2.24) is 10.6 Å². The van der Waals surface area contributed by atoms with Crippen LogP contribution in [0.5, 0.6) is 0 Å². The van der Waals surface area contributed by atoms with Crippen LogP contribution in [0.4, 0.5) is 0 Å². The molecule has 0 radical (unpaired) electrons. The molecule has 0 aliphatic rings. The lowest BCUT2D eigenvalue weighted by atomic mass is 9.98. The number of hydrogen-bond acceptors (Lipinski definition) is 8. The lowest BCUT2D eigenvalue weighted by Gasteiger charge is -2.23. The maximum Gasteiger partial charge on any atom is 0.319 e. The predicted octanol–water partition coefficient (Wildman–Crippen LogP) is 5.57. The highest BCUT2D eigenvalue weighted by Crippen LogP contribution is 2.18. The van der Waals surface area contributed by atoms with Gasteiger partial charge in [-0.2, -0.15) is 0 Å². The molecule has 0 saturated carbocycles. The Balaban J connectivity index is 3.92. The van der Waals surface area contributed by atoms with Crippen molar-refractivity contribution in [3.8, 4) is 0 Å². The second-order valence-electron chi connectivity index (χ2n) is 12.5. The summed E-state index contributed by atoms with van der Waals surface area (Å²) >= 11 is 0. The topological polar surface area (TPSA) is 149 Å². The first kappa shape index (κ1) is 42.8. The molecule has 0 aliphatic heterocycles. The van der Waals surface area contributed by atoms with E-state index < -0.39 is 23.5 Å². The molecule has 0 spiro atoms. The van der Waals surface area contributed by atoms with Crippen LogP contribution < -0.4 is 10.6 Å². The third-order valence-electron chi connectivity index (χ3n) is 6.97. The normalized spacial score (nSPS) is 12.1. The van der Waals surface area contributed by atoms with Gasteiger partial charge in [-0.15, -0.1) is 0 Å². The zero-order chi connectivity index (χ0) is 33.6. The van der Waals surface area contributed by atoms with Gasteiger partial charge in [-0.1, -0.05) is 77.6 Å². The highest BCUT2D eigenvalue weighted by Gasteiger charge is 2.30. The van der Waals surface area contributed by atoms with Crippen LogP contribution in [0.25, 0.3) is 0 Å². The molecule has 11 heteroatoms. The van der Waals surface area contributed by atoms with E-state index in [9.17, 15) is 19.2 Å². The molecule has 45 heavy (non-hydrogen) atoms. The van der Waals surface area contributed by atoms with E-state index in [1.807, 2.05) is 20.8 Å². The van der Waals surface area contributed by atoms with Crippen LogP contribution in [0.1, 0.15) is 130 Å². The van der Waals surface area contributed by atoms with E-state index >= 15 is 0 Å². The number of carbonyl (C=O) groups is 4. The van der Waals surface area contributed by atoms with Gasteiger partial charge in [-0.25, -0.2) is 0 Å². The molecule has 2 amide bonds. The fraction of sp³-hybridized carbons (Fsp3) is 0.882. The number of carbonyl (C=O) groups excluding carboxylic acids is 3. The van der Waals surface area contributed by atoms with Crippen LogP contribution >= 0.6 is 0 Å². The highest BCUT2D eigenvalue weighted by molar-refractivity contribution is 5.97. The van der Waals surface area contributed by atoms with Crippen molar-refractivity contribution >= 4 is 23.8 Å². The minimum atomic E-state index is -0.988. The van der Waals surface area contributed by atoms with Gasteiger partial charge < -0.3 is 34.7 Å². The minimum absolute atomic E-state index is 0.0190. The summed E-state index contributed by atoms with van der Waals surface area (Å²) in [6.07, 6.45) is 14.9. The number of amides is 2. The van der Waals surface area contributed by atoms with Crippen molar-refractivity contribution in [3.63, 3.8) is 0 Å². The summed E-state index contributed by atoms with van der Waals surface area (Å²) in [5, 5.41) is 14.1. The molecule has 0 heterocycles. The van der Waals surface area contributed by atoms with Gasteiger partial charge in [0.2, 0.25) is 11.8 Å². The molecule has 0 aromatic rings. The molecule has 0 rings (SSSR count). The number of aliphatic carboxylic acids is 1. The summed E-state index contributed by atoms with van der Waals surface area (Å²) in [7, 11) is 0. The van der Waals surface area contributed by atoms with Crippen molar-refractivity contribution in [1.29, 1.82) is 0 Å². The van der Waals surface area contributed by atoms with Gasteiger partial charge in [-0.3, -0.25) is 19.2 Å². The molecule has 11 nitrogen and oxygen atoms in total. The zero-order valence-corrected chi connectivity index (χ0v) is 28.8. The Morgan fingerprint density at radius 3 is 1.58 bits per heavy atom. The maximum absolute atomic E-state index is 12.9. The average molecular weight is 645 g/mol. The van der Waals surface area contributed by atoms with E-state index in [-0.39, 0.29) is 24.7 Å². The molecule has 264 valence electrons. The van der Waals surface area contributed by atoms with Crippen LogP contribution in [-0.4, -0.2) is 87.2 Å². The molecule has 1 atom stereocenters. The molecule has 1 unspecified atom stereocenters. The SMILES string of the molecule is CCCCCCCCCCCCCC(C(=O)NCCCOCCOCCOCCCNC(=O)CCC(=O)O)C(=O)OC(C)(C)C. The largest absolute Gasteiger partial charge is 0.481 e. The summed E-state index contributed by atoms with van der Waals surface area (Å²) in [5.41, 5.74) is -0.639. The molecular formula is C34H64N2O9. The first-order valence-corrected chi connectivity index (χ1v) is 17.3. The van der Waals surface area contributed by atoms with Gasteiger partial charge in [-0.05, 0) is 40.0 Å². The van der Waals surface area contributed by atoms with Crippen LogP contribution in [-0.2, 0) is 38.1 Å². The van der Waals surface area contributed by atoms with Crippen LogP contribution in [0, 0.1) is 5.92 Å². The third-order valence-corrected chi connectivity index (χ3v) is 6.97. The lowest BCUT2D eigenvalue weighted by Crippen LogP contribution is -2.39. The van der Waals surface area contributed by atoms with E-state index in [0.717, 1.165) is 19.3 Å². The number of unbranched alkanes of at least 4 members (excludes halogenated alkanes) is 10. The number of esters is 1. The number of ether oxygens (including phenoxy) is 4. The van der Waals surface area contributed by atoms with E-state index in [1.54, 1.807) is 0 Å². The van der Waals surface area contributed by atoms with Crippen molar-refractivity contribution < 1.29 is 43.2 Å². The van der Waals surface area contributed by atoms with E-state index in [4.69, 9.17) is 24.1 Å². The first-order chi connectivity index (χ1) is 21.6. The van der Waals surface area contributed by atoms with Gasteiger partial charge in [0.25, 0.3) is 0 Å². The van der Waals surface area contributed by atoms with E-state index in [0.29, 0.717) is 72.0 Å². The number of nitrogens with one attached hydrogen (secondary N) is 2. The smallest absolute Gasteiger partial charge is 0.319 e. The first-order valence-electron chi connectivity index (χ1n) is 17.3. The Hall–Kier alpha value is -2.24. The second-order valence-corrected chi connectivity index (χ2v) is 12.5. The maximum atomic E-state index is 12.9. The molecule has 0 aromatic heterocycles. The van der Waals surface area contributed by atoms with Gasteiger partial charge in [0.15, 0.2) is 0 Å². The molecular weight excluding hydrogens is 580 g/mol. The predicted molar refractivity (Wildman–Crippen MR) is 175 cm³/mol. The monoisotopic (exact) mass is 644 g/mol. The fourth-order valence-corrected chi connectivity index (χ4v) is 4.50. The Kier molecular flexibility index (Phi) is 27.7. The Labute approximate surface area is 272 Å². The van der Waals surface area contributed by atoms with Gasteiger partial charge >= 0.3 is 11.9 Å². The Morgan fingerprint density at radius 2 is 1.09 bits per heavy atom.